The van der Waals surface area contributed by atoms with Gasteiger partial charge in [-0.2, -0.15) is 5.10 Å². The molecule has 0 atom stereocenters. The summed E-state index contributed by atoms with van der Waals surface area (Å²) in [5.74, 6) is 1.05. The first-order valence-corrected chi connectivity index (χ1v) is 11.4. The number of aryl methyl sites for hydroxylation is 1. The van der Waals surface area contributed by atoms with Crippen LogP contribution >= 0.6 is 11.3 Å². The zero-order valence-electron chi connectivity index (χ0n) is 16.9. The number of fused-ring (bicyclic) bond motifs is 1. The monoisotopic (exact) mass is 409 g/mol. The number of rotatable bonds is 6. The van der Waals surface area contributed by atoms with E-state index >= 15 is 0 Å². The van der Waals surface area contributed by atoms with Crippen LogP contribution in [0.3, 0.4) is 0 Å². The first-order valence-electron chi connectivity index (χ1n) is 10.6. The van der Waals surface area contributed by atoms with Crippen LogP contribution in [0.1, 0.15) is 59.7 Å². The molecule has 0 spiro atoms. The van der Waals surface area contributed by atoms with E-state index in [1.807, 2.05) is 28.8 Å². The van der Waals surface area contributed by atoms with Crippen LogP contribution in [-0.2, 0) is 43.2 Å². The molecule has 3 heterocycles. The molecule has 3 aromatic rings. The van der Waals surface area contributed by atoms with Crippen molar-refractivity contribution >= 4 is 17.2 Å². The molecule has 0 radical (unpaired) electrons. The van der Waals surface area contributed by atoms with Crippen LogP contribution in [0.15, 0.2) is 40.3 Å². The molecule has 0 aliphatic heterocycles. The fourth-order valence-corrected chi connectivity index (χ4v) is 6.17. The number of carbonyl (C=O) groups excluding carboxylic acids is 1. The molecule has 0 unspecified atom stereocenters. The van der Waals surface area contributed by atoms with Crippen molar-refractivity contribution in [1.82, 2.24) is 14.7 Å². The summed E-state index contributed by atoms with van der Waals surface area (Å²) in [6.07, 6.45) is 9.10. The number of aromatic nitrogens is 2. The summed E-state index contributed by atoms with van der Waals surface area (Å²) in [7, 11) is 2.02. The van der Waals surface area contributed by atoms with Crippen molar-refractivity contribution in [2.45, 2.75) is 63.5 Å². The van der Waals surface area contributed by atoms with E-state index in [1.165, 1.54) is 22.6 Å². The van der Waals surface area contributed by atoms with Gasteiger partial charge in [0.25, 0.3) is 0 Å². The summed E-state index contributed by atoms with van der Waals surface area (Å²) in [5, 5.41) is 6.88. The molecule has 5 nitrogen and oxygen atoms in total. The quantitative estimate of drug-likeness (QED) is 0.598. The smallest absolute Gasteiger partial charge is 0.234 e. The summed E-state index contributed by atoms with van der Waals surface area (Å²) < 4.78 is 7.63. The Morgan fingerprint density at radius 3 is 2.79 bits per heavy atom. The van der Waals surface area contributed by atoms with Crippen LogP contribution in [0, 0.1) is 0 Å². The number of nitrogens with zero attached hydrogens (tertiary/aromatic N) is 3. The topological polar surface area (TPSA) is 51.3 Å². The third-order valence-corrected chi connectivity index (χ3v) is 7.69. The zero-order valence-corrected chi connectivity index (χ0v) is 17.7. The molecule has 6 heteroatoms. The molecule has 29 heavy (non-hydrogen) atoms. The normalized spacial score (nSPS) is 17.6. The summed E-state index contributed by atoms with van der Waals surface area (Å²) >= 11 is 1.71. The summed E-state index contributed by atoms with van der Waals surface area (Å²) in [4.78, 5) is 17.3. The number of hydrogen-bond donors (Lipinski definition) is 0. The lowest BCUT2D eigenvalue weighted by molar-refractivity contribution is -0.139. The highest BCUT2D eigenvalue weighted by molar-refractivity contribution is 7.10. The average molecular weight is 410 g/mol. The summed E-state index contributed by atoms with van der Waals surface area (Å²) in [6.45, 7) is 1.04. The number of thiophene rings is 1. The molecule has 0 saturated heterocycles. The maximum absolute atomic E-state index is 14.1. The number of hydrogen-bond acceptors (Lipinski definition) is 4. The van der Waals surface area contributed by atoms with Crippen LogP contribution in [0.5, 0.6) is 0 Å². The molecular formula is C23H27N3O2S. The van der Waals surface area contributed by atoms with Gasteiger partial charge < -0.3 is 9.32 Å². The van der Waals surface area contributed by atoms with E-state index in [0.717, 1.165) is 50.0 Å². The molecule has 1 fully saturated rings. The lowest BCUT2D eigenvalue weighted by Gasteiger charge is -2.33. The Bertz CT molecular complexity index is 982. The second-order valence-electron chi connectivity index (χ2n) is 8.36. The molecule has 5 rings (SSSR count). The van der Waals surface area contributed by atoms with Crippen LogP contribution in [0.2, 0.25) is 0 Å². The Labute approximate surface area is 175 Å². The highest BCUT2D eigenvalue weighted by Crippen LogP contribution is 2.45. The standard InChI is InChI=1S/C23H27N3O2S/c1-25-20-9-4-8-18(20)19(24-25)16-26(15-17-7-5-13-28-17)22(27)23(11-2-3-12-23)21-10-6-14-29-21/h5-7,10,13-14H,2-4,8-9,11-12,15-16H2,1H3. The molecule has 0 bridgehead atoms. The molecule has 1 saturated carbocycles. The SMILES string of the molecule is Cn1nc(CN(Cc2ccco2)C(=O)C2(c3cccs3)CCCC2)c2c1CCC2. The van der Waals surface area contributed by atoms with Crippen molar-refractivity contribution < 1.29 is 9.21 Å². The van der Waals surface area contributed by atoms with E-state index in [-0.39, 0.29) is 5.91 Å². The van der Waals surface area contributed by atoms with Crippen molar-refractivity contribution in [3.05, 3.63) is 63.5 Å². The highest BCUT2D eigenvalue weighted by Gasteiger charge is 2.46. The Morgan fingerprint density at radius 1 is 1.21 bits per heavy atom. The molecule has 0 N–H and O–H groups in total. The third-order valence-electron chi connectivity index (χ3n) is 6.61. The van der Waals surface area contributed by atoms with Crippen LogP contribution in [0.4, 0.5) is 0 Å². The van der Waals surface area contributed by atoms with Gasteiger partial charge in [-0.15, -0.1) is 11.3 Å². The van der Waals surface area contributed by atoms with Gasteiger partial charge in [0.15, 0.2) is 0 Å². The van der Waals surface area contributed by atoms with Crippen molar-refractivity contribution in [3.63, 3.8) is 0 Å². The van der Waals surface area contributed by atoms with Gasteiger partial charge in [-0.05, 0) is 61.2 Å². The fourth-order valence-electron chi connectivity index (χ4n) is 5.19. The number of carbonyl (C=O) groups is 1. The Balaban J connectivity index is 1.50. The van der Waals surface area contributed by atoms with Gasteiger partial charge in [0, 0.05) is 17.6 Å². The van der Waals surface area contributed by atoms with E-state index in [1.54, 1.807) is 17.6 Å². The predicted octanol–water partition coefficient (Wildman–Crippen LogP) is 4.60. The summed E-state index contributed by atoms with van der Waals surface area (Å²) in [6, 6.07) is 8.05. The second kappa shape index (κ2) is 7.48. The van der Waals surface area contributed by atoms with Gasteiger partial charge in [0.2, 0.25) is 5.91 Å². The Kier molecular flexibility index (Phi) is 4.82. The van der Waals surface area contributed by atoms with Crippen molar-refractivity contribution in [3.8, 4) is 0 Å². The molecule has 3 aromatic heterocycles. The molecule has 2 aliphatic carbocycles. The number of amides is 1. The van der Waals surface area contributed by atoms with Gasteiger partial charge in [-0.3, -0.25) is 9.48 Å². The molecular weight excluding hydrogens is 382 g/mol. The molecule has 2 aliphatic rings. The molecule has 152 valence electrons. The third kappa shape index (κ3) is 3.23. The van der Waals surface area contributed by atoms with Gasteiger partial charge in [-0.25, -0.2) is 0 Å². The van der Waals surface area contributed by atoms with Crippen LogP contribution in [0.25, 0.3) is 0 Å². The van der Waals surface area contributed by atoms with Crippen molar-refractivity contribution in [2.24, 2.45) is 7.05 Å². The van der Waals surface area contributed by atoms with E-state index < -0.39 is 5.41 Å². The first kappa shape index (κ1) is 18.7. The predicted molar refractivity (Wildman–Crippen MR) is 113 cm³/mol. The van der Waals surface area contributed by atoms with E-state index in [0.29, 0.717) is 13.1 Å². The largest absolute Gasteiger partial charge is 0.467 e. The maximum atomic E-state index is 14.1. The minimum absolute atomic E-state index is 0.228. The molecule has 0 aromatic carbocycles. The van der Waals surface area contributed by atoms with Crippen molar-refractivity contribution in [2.75, 3.05) is 0 Å². The minimum atomic E-state index is -0.390. The second-order valence-corrected chi connectivity index (χ2v) is 9.30. The summed E-state index contributed by atoms with van der Waals surface area (Å²) in [5.41, 5.74) is 3.35. The highest BCUT2D eigenvalue weighted by atomic mass is 32.1. The maximum Gasteiger partial charge on any atom is 0.234 e. The average Bonchev–Trinajstić information content (AvgIpc) is 3.51. The Morgan fingerprint density at radius 2 is 2.07 bits per heavy atom. The van der Waals surface area contributed by atoms with Crippen LogP contribution in [-0.4, -0.2) is 20.6 Å². The van der Waals surface area contributed by atoms with Gasteiger partial charge >= 0.3 is 0 Å². The number of furan rings is 1. The lowest BCUT2D eigenvalue weighted by Crippen LogP contribution is -2.44. The lowest BCUT2D eigenvalue weighted by atomic mass is 9.82. The minimum Gasteiger partial charge on any atom is -0.467 e. The van der Waals surface area contributed by atoms with Gasteiger partial charge in [0.05, 0.1) is 30.5 Å². The zero-order chi connectivity index (χ0) is 19.8. The first-order chi connectivity index (χ1) is 14.2. The van der Waals surface area contributed by atoms with Crippen molar-refractivity contribution in [1.29, 1.82) is 0 Å². The Hall–Kier alpha value is -2.34. The van der Waals surface area contributed by atoms with Gasteiger partial charge in [-0.1, -0.05) is 18.9 Å². The van der Waals surface area contributed by atoms with Gasteiger partial charge in [0.1, 0.15) is 5.76 Å². The fraction of sp³-hybridized carbons (Fsp3) is 0.478. The molecule has 1 amide bonds. The van der Waals surface area contributed by atoms with E-state index in [4.69, 9.17) is 9.52 Å². The van der Waals surface area contributed by atoms with Crippen LogP contribution < -0.4 is 0 Å². The van der Waals surface area contributed by atoms with E-state index in [2.05, 4.69) is 17.5 Å². The van der Waals surface area contributed by atoms with E-state index in [9.17, 15) is 4.79 Å².